The molecule has 288 valence electrons. The molecule has 2 amide bonds. The van der Waals surface area contributed by atoms with Crippen LogP contribution in [-0.2, 0) is 21.5 Å². The minimum absolute atomic E-state index is 0.184. The summed E-state index contributed by atoms with van der Waals surface area (Å²) in [6, 6.07) is 24.1. The topological polar surface area (TPSA) is 119 Å². The first-order chi connectivity index (χ1) is 26.6. The summed E-state index contributed by atoms with van der Waals surface area (Å²) >= 11 is 0. The lowest BCUT2D eigenvalue weighted by molar-refractivity contribution is -0.139. The molecule has 3 heterocycles. The van der Waals surface area contributed by atoms with Gasteiger partial charge in [0.1, 0.15) is 5.75 Å². The maximum Gasteiger partial charge on any atom is 0.303 e. The van der Waals surface area contributed by atoms with Gasteiger partial charge in [0.15, 0.2) is 0 Å². The highest BCUT2D eigenvalue weighted by molar-refractivity contribution is 7.87. The Hall–Kier alpha value is -4.94. The number of hydrogen-bond acceptors (Lipinski definition) is 6. The van der Waals surface area contributed by atoms with Gasteiger partial charge in [0.05, 0.1) is 30.5 Å². The molecule has 0 unspecified atom stereocenters. The van der Waals surface area contributed by atoms with Crippen molar-refractivity contribution in [2.45, 2.75) is 76.3 Å². The van der Waals surface area contributed by atoms with Crippen LogP contribution in [0.1, 0.15) is 85.7 Å². The van der Waals surface area contributed by atoms with E-state index >= 15 is 0 Å². The fourth-order valence-electron chi connectivity index (χ4n) is 8.69. The third kappa shape index (κ3) is 7.29. The highest BCUT2D eigenvalue weighted by Crippen LogP contribution is 2.52. The molecule has 3 aromatic carbocycles. The molecule has 55 heavy (non-hydrogen) atoms. The van der Waals surface area contributed by atoms with Gasteiger partial charge in [-0.25, -0.2) is 4.72 Å². The van der Waals surface area contributed by atoms with Crippen molar-refractivity contribution in [1.29, 1.82) is 0 Å². The predicted molar refractivity (Wildman–Crippen MR) is 214 cm³/mol. The first-order valence-corrected chi connectivity index (χ1v) is 20.9. The summed E-state index contributed by atoms with van der Waals surface area (Å²) in [5.74, 6) is 0.569. The molecule has 2 aliphatic carbocycles. The Balaban J connectivity index is 1.13. The van der Waals surface area contributed by atoms with Crippen LogP contribution in [0.4, 0.5) is 0 Å². The van der Waals surface area contributed by atoms with Crippen molar-refractivity contribution in [3.63, 3.8) is 0 Å². The maximum atomic E-state index is 14.6. The molecule has 2 aromatic heterocycles. The SMILES string of the molecule is COc1ccc(-c2c(C3CCCCC3)c3ccc(C(=O)NS(=O)(=O)N(C)C)cc3n2CC2(C(=O)N3CCC(n4cc(-c5ccccc5)cn4)CC3)CC2)cc1. The number of carbonyl (C=O) groups is 2. The van der Waals surface area contributed by atoms with Crippen LogP contribution < -0.4 is 9.46 Å². The molecule has 0 spiro atoms. The molecule has 1 N–H and O–H groups in total. The molecule has 8 rings (SSSR count). The molecular formula is C43H50N6O5S. The molecule has 1 aliphatic heterocycles. The standard InChI is InChI=1S/C43H50N6O5S/c1-46(2)55(52,53)45-41(50)33-16-19-37-38(26-33)48(40(32-14-17-36(54-3)18-15-32)39(37)31-12-8-5-9-13-31)29-43(22-23-43)42(51)47-24-20-35(21-25-47)49-28-34(27-44-49)30-10-6-4-7-11-30/h4,6-7,10-11,14-19,26-28,31,35H,5,8-9,12-13,20-25,29H2,1-3H3,(H,45,50). The van der Waals surface area contributed by atoms with Gasteiger partial charge in [-0.15, -0.1) is 0 Å². The van der Waals surface area contributed by atoms with E-state index in [1.165, 1.54) is 26.1 Å². The number of aromatic nitrogens is 3. The van der Waals surface area contributed by atoms with Crippen molar-refractivity contribution in [3.05, 3.63) is 96.3 Å². The molecule has 5 aromatic rings. The number of benzene rings is 3. The van der Waals surface area contributed by atoms with Gasteiger partial charge in [-0.05, 0) is 97.5 Å². The number of methoxy groups -OCH3 is 1. The van der Waals surface area contributed by atoms with Crippen molar-refractivity contribution in [2.75, 3.05) is 34.3 Å². The third-order valence-corrected chi connectivity index (χ3v) is 13.5. The van der Waals surface area contributed by atoms with Crippen molar-refractivity contribution < 1.29 is 22.7 Å². The van der Waals surface area contributed by atoms with E-state index in [9.17, 15) is 18.0 Å². The number of nitrogens with zero attached hydrogens (tertiary/aromatic N) is 5. The van der Waals surface area contributed by atoms with Gasteiger partial charge in [-0.1, -0.05) is 55.7 Å². The predicted octanol–water partition coefficient (Wildman–Crippen LogP) is 7.41. The second kappa shape index (κ2) is 15.0. The fourth-order valence-corrected chi connectivity index (χ4v) is 9.23. The molecule has 2 saturated carbocycles. The average molecular weight is 763 g/mol. The van der Waals surface area contributed by atoms with Crippen molar-refractivity contribution in [1.82, 2.24) is 28.3 Å². The smallest absolute Gasteiger partial charge is 0.303 e. The van der Waals surface area contributed by atoms with E-state index in [0.717, 1.165) is 94.7 Å². The van der Waals surface area contributed by atoms with Crippen molar-refractivity contribution in [2.24, 2.45) is 5.41 Å². The van der Waals surface area contributed by atoms with Crippen molar-refractivity contribution >= 4 is 32.9 Å². The zero-order valence-corrected chi connectivity index (χ0v) is 32.7. The summed E-state index contributed by atoms with van der Waals surface area (Å²) in [6.07, 6.45) is 12.9. The Kier molecular flexibility index (Phi) is 10.1. The lowest BCUT2D eigenvalue weighted by atomic mass is 9.81. The molecule has 11 nitrogen and oxygen atoms in total. The summed E-state index contributed by atoms with van der Waals surface area (Å²) in [4.78, 5) is 30.1. The Morgan fingerprint density at radius 1 is 0.891 bits per heavy atom. The first-order valence-electron chi connectivity index (χ1n) is 19.5. The van der Waals surface area contributed by atoms with E-state index < -0.39 is 21.5 Å². The lowest BCUT2D eigenvalue weighted by Gasteiger charge is -2.35. The van der Waals surface area contributed by atoms with Crippen LogP contribution in [0, 0.1) is 5.41 Å². The number of carbonyl (C=O) groups excluding carboxylic acids is 2. The molecule has 0 radical (unpaired) electrons. The van der Waals surface area contributed by atoms with Crippen LogP contribution in [0.3, 0.4) is 0 Å². The Morgan fingerprint density at radius 2 is 1.60 bits per heavy atom. The highest BCUT2D eigenvalue weighted by Gasteiger charge is 2.53. The van der Waals surface area contributed by atoms with Gasteiger partial charge < -0.3 is 14.2 Å². The van der Waals surface area contributed by atoms with Gasteiger partial charge in [0.2, 0.25) is 5.91 Å². The average Bonchev–Trinajstić information content (AvgIpc) is 3.70. The summed E-state index contributed by atoms with van der Waals surface area (Å²) in [5.41, 5.74) is 6.09. The number of hydrogen-bond donors (Lipinski definition) is 1. The van der Waals surface area contributed by atoms with Gasteiger partial charge >= 0.3 is 10.2 Å². The van der Waals surface area contributed by atoms with Gasteiger partial charge in [0, 0.05) is 62.0 Å². The normalized spacial score (nSPS) is 17.8. The summed E-state index contributed by atoms with van der Waals surface area (Å²) in [6.45, 7) is 1.81. The van der Waals surface area contributed by atoms with Crippen LogP contribution in [0.2, 0.25) is 0 Å². The van der Waals surface area contributed by atoms with E-state index in [2.05, 4.69) is 49.3 Å². The lowest BCUT2D eigenvalue weighted by Crippen LogP contribution is -2.44. The minimum Gasteiger partial charge on any atom is -0.497 e. The maximum absolute atomic E-state index is 14.6. The first kappa shape index (κ1) is 37.0. The molecule has 3 aliphatic rings. The van der Waals surface area contributed by atoms with Gasteiger partial charge in [-0.3, -0.25) is 14.3 Å². The van der Waals surface area contributed by atoms with E-state index in [0.29, 0.717) is 25.6 Å². The van der Waals surface area contributed by atoms with E-state index in [-0.39, 0.29) is 17.5 Å². The molecule has 0 bridgehead atoms. The Morgan fingerprint density at radius 3 is 2.25 bits per heavy atom. The quantitative estimate of drug-likeness (QED) is 0.150. The number of amides is 2. The van der Waals surface area contributed by atoms with Crippen LogP contribution in [0.25, 0.3) is 33.3 Å². The Bertz CT molecular complexity index is 2300. The summed E-state index contributed by atoms with van der Waals surface area (Å²) in [7, 11) is 0.431. The number of fused-ring (bicyclic) bond motifs is 1. The van der Waals surface area contributed by atoms with Crippen LogP contribution in [-0.4, -0.2) is 78.1 Å². The molecule has 0 atom stereocenters. The zero-order chi connectivity index (χ0) is 38.3. The highest BCUT2D eigenvalue weighted by atomic mass is 32.2. The summed E-state index contributed by atoms with van der Waals surface area (Å²) in [5, 5.41) is 5.75. The number of ether oxygens (including phenoxy) is 1. The number of nitrogens with one attached hydrogen (secondary N) is 1. The molecule has 12 heteroatoms. The molecule has 3 fully saturated rings. The van der Waals surface area contributed by atoms with Crippen molar-refractivity contribution in [3.8, 4) is 28.1 Å². The zero-order valence-electron chi connectivity index (χ0n) is 31.9. The molecular weight excluding hydrogens is 713 g/mol. The largest absolute Gasteiger partial charge is 0.497 e. The third-order valence-electron chi connectivity index (χ3n) is 12.0. The van der Waals surface area contributed by atoms with Crippen LogP contribution in [0.5, 0.6) is 5.75 Å². The monoisotopic (exact) mass is 762 g/mol. The van der Waals surface area contributed by atoms with Crippen LogP contribution >= 0.6 is 0 Å². The minimum atomic E-state index is -4.00. The summed E-state index contributed by atoms with van der Waals surface area (Å²) < 4.78 is 38.4. The van der Waals surface area contributed by atoms with E-state index in [1.807, 2.05) is 48.7 Å². The fraction of sp³-hybridized carbons (Fsp3) is 0.419. The second-order valence-corrected chi connectivity index (χ2v) is 17.6. The van der Waals surface area contributed by atoms with Gasteiger partial charge in [-0.2, -0.15) is 17.8 Å². The van der Waals surface area contributed by atoms with Gasteiger partial charge in [0.25, 0.3) is 5.91 Å². The Labute approximate surface area is 323 Å². The van der Waals surface area contributed by atoms with E-state index in [4.69, 9.17) is 9.84 Å². The number of piperidine rings is 1. The van der Waals surface area contributed by atoms with Crippen LogP contribution in [0.15, 0.2) is 85.2 Å². The number of likely N-dealkylation sites (tertiary alicyclic amines) is 1. The molecule has 1 saturated heterocycles. The second-order valence-electron chi connectivity index (χ2n) is 15.7. The number of rotatable bonds is 11. The van der Waals surface area contributed by atoms with E-state index in [1.54, 1.807) is 13.2 Å².